The molecule has 0 aliphatic carbocycles. The molecule has 0 unspecified atom stereocenters. The molecule has 0 heterocycles. The van der Waals surface area contributed by atoms with Gasteiger partial charge in [0, 0.05) is 10.2 Å². The van der Waals surface area contributed by atoms with Crippen molar-refractivity contribution in [3.63, 3.8) is 0 Å². The van der Waals surface area contributed by atoms with Gasteiger partial charge in [0.05, 0.1) is 0 Å². The average molecular weight is 396 g/mol. The van der Waals surface area contributed by atoms with Crippen LogP contribution in [0.5, 0.6) is 5.75 Å². The van der Waals surface area contributed by atoms with Gasteiger partial charge >= 0.3 is 5.97 Å². The summed E-state index contributed by atoms with van der Waals surface area (Å²) >= 11 is 3.29. The highest BCUT2D eigenvalue weighted by atomic mass is 79.9. The van der Waals surface area contributed by atoms with E-state index in [0.717, 1.165) is 4.47 Å². The van der Waals surface area contributed by atoms with Crippen molar-refractivity contribution in [3.8, 4) is 5.75 Å². The van der Waals surface area contributed by atoms with Crippen molar-refractivity contribution in [1.82, 2.24) is 0 Å². The van der Waals surface area contributed by atoms with Crippen molar-refractivity contribution in [1.29, 1.82) is 0 Å². The minimum Gasteiger partial charge on any atom is -0.482 e. The van der Waals surface area contributed by atoms with Crippen LogP contribution in [0.4, 0.5) is 10.1 Å². The highest BCUT2D eigenvalue weighted by molar-refractivity contribution is 9.10. The highest BCUT2D eigenvalue weighted by Gasteiger charge is 2.18. The number of ether oxygens (including phenoxy) is 2. The molecular formula is C17H15BrFNO4. The van der Waals surface area contributed by atoms with Crippen LogP contribution in [0.2, 0.25) is 0 Å². The maximum absolute atomic E-state index is 12.8. The Morgan fingerprint density at radius 2 is 1.75 bits per heavy atom. The van der Waals surface area contributed by atoms with Crippen molar-refractivity contribution in [2.45, 2.75) is 13.0 Å². The molecule has 2 aromatic rings. The summed E-state index contributed by atoms with van der Waals surface area (Å²) in [6.07, 6.45) is -1.00. The molecule has 2 rings (SSSR count). The summed E-state index contributed by atoms with van der Waals surface area (Å²) < 4.78 is 24.0. The standard InChI is InChI=1S/C17H15BrFNO4/c1-11(17(22)20-14-6-4-13(19)5-7-14)24-16(21)10-23-15-8-2-12(18)3-9-15/h2-9,11H,10H2,1H3,(H,20,22)/t11-/m1/s1. The van der Waals surface area contributed by atoms with E-state index in [1.54, 1.807) is 24.3 Å². The number of carbonyl (C=O) groups excluding carboxylic acids is 2. The molecule has 5 nitrogen and oxygen atoms in total. The van der Waals surface area contributed by atoms with Crippen LogP contribution in [0.3, 0.4) is 0 Å². The monoisotopic (exact) mass is 395 g/mol. The third-order valence-electron chi connectivity index (χ3n) is 2.96. The van der Waals surface area contributed by atoms with E-state index in [9.17, 15) is 14.0 Å². The first-order valence-electron chi connectivity index (χ1n) is 7.08. The molecule has 126 valence electrons. The molecule has 0 fully saturated rings. The van der Waals surface area contributed by atoms with Gasteiger partial charge in [0.15, 0.2) is 12.7 Å². The summed E-state index contributed by atoms with van der Waals surface area (Å²) in [6, 6.07) is 12.2. The van der Waals surface area contributed by atoms with Crippen LogP contribution in [-0.4, -0.2) is 24.6 Å². The van der Waals surface area contributed by atoms with Gasteiger partial charge in [0.2, 0.25) is 0 Å². The Labute approximate surface area is 146 Å². The number of hydrogen-bond donors (Lipinski definition) is 1. The van der Waals surface area contributed by atoms with Crippen LogP contribution >= 0.6 is 15.9 Å². The van der Waals surface area contributed by atoms with Crippen LogP contribution in [0, 0.1) is 5.82 Å². The fourth-order valence-corrected chi connectivity index (χ4v) is 2.00. The Bertz CT molecular complexity index is 704. The predicted octanol–water partition coefficient (Wildman–Crippen LogP) is 3.54. The van der Waals surface area contributed by atoms with Crippen LogP contribution in [0.25, 0.3) is 0 Å². The second-order valence-electron chi connectivity index (χ2n) is 4.87. The number of rotatable bonds is 6. The molecule has 24 heavy (non-hydrogen) atoms. The SMILES string of the molecule is C[C@@H](OC(=O)COc1ccc(Br)cc1)C(=O)Nc1ccc(F)cc1. The Morgan fingerprint density at radius 3 is 2.38 bits per heavy atom. The number of nitrogens with one attached hydrogen (secondary N) is 1. The van der Waals surface area contributed by atoms with Gasteiger partial charge in [-0.05, 0) is 55.5 Å². The van der Waals surface area contributed by atoms with Gasteiger partial charge in [-0.25, -0.2) is 9.18 Å². The average Bonchev–Trinajstić information content (AvgIpc) is 2.56. The predicted molar refractivity (Wildman–Crippen MR) is 90.2 cm³/mol. The number of hydrogen-bond acceptors (Lipinski definition) is 4. The summed E-state index contributed by atoms with van der Waals surface area (Å²) in [5.74, 6) is -1.07. The topological polar surface area (TPSA) is 64.6 Å². The molecule has 1 amide bonds. The summed E-state index contributed by atoms with van der Waals surface area (Å²) in [7, 11) is 0. The van der Waals surface area contributed by atoms with Crippen molar-refractivity contribution in [3.05, 3.63) is 58.8 Å². The van der Waals surface area contributed by atoms with Gasteiger partial charge in [-0.15, -0.1) is 0 Å². The lowest BCUT2D eigenvalue weighted by molar-refractivity contribution is -0.155. The third kappa shape index (κ3) is 5.66. The van der Waals surface area contributed by atoms with E-state index in [-0.39, 0.29) is 6.61 Å². The van der Waals surface area contributed by atoms with Gasteiger partial charge in [-0.3, -0.25) is 4.79 Å². The lowest BCUT2D eigenvalue weighted by atomic mass is 10.3. The van der Waals surface area contributed by atoms with Gasteiger partial charge in [-0.2, -0.15) is 0 Å². The van der Waals surface area contributed by atoms with Gasteiger partial charge < -0.3 is 14.8 Å². The van der Waals surface area contributed by atoms with E-state index in [2.05, 4.69) is 21.2 Å². The molecule has 1 atom stereocenters. The maximum Gasteiger partial charge on any atom is 0.344 e. The largest absolute Gasteiger partial charge is 0.482 e. The molecular weight excluding hydrogens is 381 g/mol. The molecule has 0 bridgehead atoms. The summed E-state index contributed by atoms with van der Waals surface area (Å²) in [5.41, 5.74) is 0.412. The summed E-state index contributed by atoms with van der Waals surface area (Å²) in [6.45, 7) is 1.13. The smallest absolute Gasteiger partial charge is 0.344 e. The molecule has 0 radical (unpaired) electrons. The molecule has 0 aliphatic heterocycles. The third-order valence-corrected chi connectivity index (χ3v) is 3.49. The molecule has 0 aliphatic rings. The van der Waals surface area contributed by atoms with Crippen LogP contribution in [-0.2, 0) is 14.3 Å². The molecule has 0 saturated heterocycles. The molecule has 0 saturated carbocycles. The first kappa shape index (κ1) is 17.9. The molecule has 1 N–H and O–H groups in total. The van der Waals surface area contributed by atoms with Crippen LogP contribution in [0.15, 0.2) is 53.0 Å². The lowest BCUT2D eigenvalue weighted by Crippen LogP contribution is -2.31. The fraction of sp³-hybridized carbons (Fsp3) is 0.176. The van der Waals surface area contributed by atoms with Gasteiger partial charge in [0.1, 0.15) is 11.6 Å². The minimum absolute atomic E-state index is 0.310. The van der Waals surface area contributed by atoms with Crippen LogP contribution < -0.4 is 10.1 Å². The number of anilines is 1. The summed E-state index contributed by atoms with van der Waals surface area (Å²) in [4.78, 5) is 23.6. The first-order valence-corrected chi connectivity index (χ1v) is 7.87. The Balaban J connectivity index is 1.78. The second-order valence-corrected chi connectivity index (χ2v) is 5.79. The lowest BCUT2D eigenvalue weighted by Gasteiger charge is -2.14. The molecule has 0 spiro atoms. The fourth-order valence-electron chi connectivity index (χ4n) is 1.73. The highest BCUT2D eigenvalue weighted by Crippen LogP contribution is 2.16. The summed E-state index contributed by atoms with van der Waals surface area (Å²) in [5, 5.41) is 2.53. The van der Waals surface area contributed by atoms with Crippen molar-refractivity contribution < 1.29 is 23.5 Å². The normalized spacial score (nSPS) is 11.5. The number of benzene rings is 2. The van der Waals surface area contributed by atoms with E-state index in [1.165, 1.54) is 31.2 Å². The Kier molecular flexibility index (Phi) is 6.31. The van der Waals surface area contributed by atoms with Gasteiger partial charge in [-0.1, -0.05) is 15.9 Å². The molecule has 0 aromatic heterocycles. The number of halogens is 2. The zero-order valence-electron chi connectivity index (χ0n) is 12.8. The van der Waals surface area contributed by atoms with Crippen molar-refractivity contribution in [2.75, 3.05) is 11.9 Å². The Morgan fingerprint density at radius 1 is 1.12 bits per heavy atom. The zero-order valence-corrected chi connectivity index (χ0v) is 14.4. The number of carbonyl (C=O) groups is 2. The Hall–Kier alpha value is -2.41. The quantitative estimate of drug-likeness (QED) is 0.759. The van der Waals surface area contributed by atoms with Crippen molar-refractivity contribution in [2.24, 2.45) is 0 Å². The molecule has 7 heteroatoms. The van der Waals surface area contributed by atoms with Gasteiger partial charge in [0.25, 0.3) is 5.91 Å². The number of amides is 1. The molecule has 2 aromatic carbocycles. The van der Waals surface area contributed by atoms with E-state index >= 15 is 0 Å². The van der Waals surface area contributed by atoms with E-state index < -0.39 is 23.8 Å². The first-order chi connectivity index (χ1) is 11.4. The van der Waals surface area contributed by atoms with Crippen LogP contribution in [0.1, 0.15) is 6.92 Å². The maximum atomic E-state index is 12.8. The minimum atomic E-state index is -1.00. The number of esters is 1. The zero-order chi connectivity index (χ0) is 17.5. The van der Waals surface area contributed by atoms with E-state index in [0.29, 0.717) is 11.4 Å². The van der Waals surface area contributed by atoms with E-state index in [4.69, 9.17) is 9.47 Å². The van der Waals surface area contributed by atoms with E-state index in [1.807, 2.05) is 0 Å². The van der Waals surface area contributed by atoms with Crippen molar-refractivity contribution >= 4 is 33.5 Å². The second kappa shape index (κ2) is 8.44.